The molecule has 0 radical (unpaired) electrons. The Morgan fingerprint density at radius 1 is 1.17 bits per heavy atom. The van der Waals surface area contributed by atoms with Gasteiger partial charge in [0.05, 0.1) is 18.4 Å². The summed E-state index contributed by atoms with van der Waals surface area (Å²) in [6, 6.07) is 8.42. The first-order chi connectivity index (χ1) is 10.8. The van der Waals surface area contributed by atoms with Gasteiger partial charge in [-0.05, 0) is 42.5 Å². The fraction of sp³-hybridized carbons (Fsp3) is 0.133. The molecule has 1 N–H and O–H groups in total. The Morgan fingerprint density at radius 3 is 2.30 bits per heavy atom. The zero-order valence-electron chi connectivity index (χ0n) is 12.4. The highest BCUT2D eigenvalue weighted by Gasteiger charge is 2.26. The average Bonchev–Trinajstić information content (AvgIpc) is 2.54. The minimum Gasteiger partial charge on any atom is -0.495 e. The minimum absolute atomic E-state index is 0.0176. The van der Waals surface area contributed by atoms with E-state index < -0.39 is 21.8 Å². The number of nitrogens with zero attached hydrogens (tertiary/aromatic N) is 1. The molecule has 0 atom stereocenters. The van der Waals surface area contributed by atoms with Crippen LogP contribution in [0.25, 0.3) is 0 Å². The number of rotatable bonds is 5. The van der Waals surface area contributed by atoms with Gasteiger partial charge in [0.15, 0.2) is 0 Å². The van der Waals surface area contributed by atoms with Crippen LogP contribution in [0.3, 0.4) is 0 Å². The Bertz CT molecular complexity index is 833. The van der Waals surface area contributed by atoms with Crippen molar-refractivity contribution in [1.82, 2.24) is 0 Å². The number of methoxy groups -OCH3 is 1. The first kappa shape index (κ1) is 16.8. The summed E-state index contributed by atoms with van der Waals surface area (Å²) in [5.41, 5.74) is 0.0473. The van der Waals surface area contributed by atoms with Gasteiger partial charge >= 0.3 is 5.97 Å². The molecule has 0 bridgehead atoms. The van der Waals surface area contributed by atoms with Crippen molar-refractivity contribution in [2.45, 2.75) is 4.90 Å². The summed E-state index contributed by atoms with van der Waals surface area (Å²) in [5.74, 6) is -1.73. The molecular weight excluding hydrogens is 325 g/mol. The summed E-state index contributed by atoms with van der Waals surface area (Å²) in [6.07, 6.45) is 0. The number of hydrogen-bond donors (Lipinski definition) is 1. The molecule has 0 saturated heterocycles. The van der Waals surface area contributed by atoms with E-state index in [9.17, 15) is 17.6 Å². The molecule has 0 aromatic heterocycles. The van der Waals surface area contributed by atoms with Crippen molar-refractivity contribution in [1.29, 1.82) is 0 Å². The van der Waals surface area contributed by atoms with E-state index in [1.54, 1.807) is 0 Å². The third-order valence-corrected chi connectivity index (χ3v) is 5.05. The highest BCUT2D eigenvalue weighted by atomic mass is 32.2. The van der Waals surface area contributed by atoms with E-state index in [0.717, 1.165) is 22.5 Å². The lowest BCUT2D eigenvalue weighted by Crippen LogP contribution is -2.27. The molecule has 0 fully saturated rings. The Labute approximate surface area is 132 Å². The van der Waals surface area contributed by atoms with Crippen LogP contribution >= 0.6 is 0 Å². The molecule has 0 aliphatic carbocycles. The average molecular weight is 339 g/mol. The second-order valence-electron chi connectivity index (χ2n) is 4.62. The number of halogens is 1. The molecule has 122 valence electrons. The van der Waals surface area contributed by atoms with E-state index in [1.807, 2.05) is 0 Å². The fourth-order valence-electron chi connectivity index (χ4n) is 1.95. The van der Waals surface area contributed by atoms with Gasteiger partial charge in [-0.15, -0.1) is 0 Å². The van der Waals surface area contributed by atoms with Crippen molar-refractivity contribution in [3.8, 4) is 5.75 Å². The molecule has 2 aromatic rings. The van der Waals surface area contributed by atoms with Crippen LogP contribution in [0.15, 0.2) is 47.4 Å². The van der Waals surface area contributed by atoms with Crippen molar-refractivity contribution in [3.63, 3.8) is 0 Å². The summed E-state index contributed by atoms with van der Waals surface area (Å²) in [7, 11) is -1.51. The number of hydrogen-bond acceptors (Lipinski definition) is 4. The maximum atomic E-state index is 13.0. The predicted octanol–water partition coefficient (Wildman–Crippen LogP) is 2.36. The van der Waals surface area contributed by atoms with Gasteiger partial charge in [0.25, 0.3) is 10.0 Å². The summed E-state index contributed by atoms with van der Waals surface area (Å²) in [5, 5.41) is 9.03. The van der Waals surface area contributed by atoms with Gasteiger partial charge < -0.3 is 9.84 Å². The number of carboxylic acids is 1. The molecule has 0 amide bonds. The van der Waals surface area contributed by atoms with Crippen molar-refractivity contribution in [3.05, 3.63) is 53.8 Å². The number of sulfonamides is 1. The monoisotopic (exact) mass is 339 g/mol. The lowest BCUT2D eigenvalue weighted by Gasteiger charge is -2.21. The highest BCUT2D eigenvalue weighted by molar-refractivity contribution is 7.92. The quantitative estimate of drug-likeness (QED) is 0.904. The topological polar surface area (TPSA) is 83.9 Å². The molecule has 2 aromatic carbocycles. The third kappa shape index (κ3) is 3.26. The Balaban J connectivity index is 2.56. The zero-order valence-corrected chi connectivity index (χ0v) is 13.2. The van der Waals surface area contributed by atoms with Gasteiger partial charge in [0.1, 0.15) is 16.5 Å². The molecule has 0 aliphatic rings. The van der Waals surface area contributed by atoms with Gasteiger partial charge in [-0.3, -0.25) is 4.31 Å². The van der Waals surface area contributed by atoms with E-state index in [2.05, 4.69) is 0 Å². The molecule has 6 nitrogen and oxygen atoms in total. The summed E-state index contributed by atoms with van der Waals surface area (Å²) < 4.78 is 44.4. The molecule has 2 rings (SSSR count). The molecule has 8 heteroatoms. The number of benzene rings is 2. The highest BCUT2D eigenvalue weighted by Crippen LogP contribution is 2.30. The number of carboxylic acid groups (broad SMARTS) is 1. The molecule has 23 heavy (non-hydrogen) atoms. The lowest BCUT2D eigenvalue weighted by molar-refractivity contribution is 0.0696. The van der Waals surface area contributed by atoms with Crippen LogP contribution in [-0.4, -0.2) is 33.7 Å². The lowest BCUT2D eigenvalue weighted by atomic mass is 10.2. The second-order valence-corrected chi connectivity index (χ2v) is 6.56. The van der Waals surface area contributed by atoms with Crippen LogP contribution in [0.4, 0.5) is 10.1 Å². The Morgan fingerprint density at radius 2 is 1.78 bits per heavy atom. The van der Waals surface area contributed by atoms with E-state index in [0.29, 0.717) is 0 Å². The maximum absolute atomic E-state index is 13.0. The van der Waals surface area contributed by atoms with Crippen LogP contribution in [0.5, 0.6) is 5.75 Å². The maximum Gasteiger partial charge on any atom is 0.335 e. The molecule has 0 spiro atoms. The van der Waals surface area contributed by atoms with Gasteiger partial charge in [0, 0.05) is 7.05 Å². The van der Waals surface area contributed by atoms with E-state index in [-0.39, 0.29) is 21.9 Å². The molecule has 0 heterocycles. The Kier molecular flexibility index (Phi) is 4.55. The minimum atomic E-state index is -4.08. The zero-order chi connectivity index (χ0) is 17.2. The molecule has 0 saturated carbocycles. The molecule has 0 aliphatic heterocycles. The van der Waals surface area contributed by atoms with E-state index in [4.69, 9.17) is 9.84 Å². The van der Waals surface area contributed by atoms with Crippen LogP contribution < -0.4 is 9.04 Å². The number of ether oxygens (including phenoxy) is 1. The molecule has 0 unspecified atom stereocenters. The van der Waals surface area contributed by atoms with E-state index >= 15 is 0 Å². The van der Waals surface area contributed by atoms with Gasteiger partial charge in [-0.2, -0.15) is 0 Å². The third-order valence-electron chi connectivity index (χ3n) is 3.24. The van der Waals surface area contributed by atoms with Crippen LogP contribution in [-0.2, 0) is 10.0 Å². The standard InChI is InChI=1S/C15H14FNO5S/c1-17(12-6-4-11(16)5-7-12)23(20,21)14-9-10(15(18)19)3-8-13(14)22-2/h3-9H,1-2H3,(H,18,19). The smallest absolute Gasteiger partial charge is 0.335 e. The van der Waals surface area contributed by atoms with Gasteiger partial charge in [0.2, 0.25) is 0 Å². The molecular formula is C15H14FNO5S. The summed E-state index contributed by atoms with van der Waals surface area (Å²) >= 11 is 0. The van der Waals surface area contributed by atoms with E-state index in [1.165, 1.54) is 38.4 Å². The Hall–Kier alpha value is -2.61. The van der Waals surface area contributed by atoms with Crippen molar-refractivity contribution in [2.24, 2.45) is 0 Å². The van der Waals surface area contributed by atoms with Gasteiger partial charge in [-0.25, -0.2) is 17.6 Å². The van der Waals surface area contributed by atoms with Crippen molar-refractivity contribution in [2.75, 3.05) is 18.5 Å². The van der Waals surface area contributed by atoms with Gasteiger partial charge in [-0.1, -0.05) is 0 Å². The van der Waals surface area contributed by atoms with Crippen LogP contribution in [0, 0.1) is 5.82 Å². The number of anilines is 1. The largest absolute Gasteiger partial charge is 0.495 e. The SMILES string of the molecule is COc1ccc(C(=O)O)cc1S(=O)(=O)N(C)c1ccc(F)cc1. The summed E-state index contributed by atoms with van der Waals surface area (Å²) in [4.78, 5) is 10.8. The fourth-order valence-corrected chi connectivity index (χ4v) is 3.32. The first-order valence-electron chi connectivity index (χ1n) is 6.43. The number of carbonyl (C=O) groups is 1. The second kappa shape index (κ2) is 6.25. The first-order valence-corrected chi connectivity index (χ1v) is 7.87. The van der Waals surface area contributed by atoms with Crippen molar-refractivity contribution < 1.29 is 27.4 Å². The predicted molar refractivity (Wildman–Crippen MR) is 81.9 cm³/mol. The number of aromatic carboxylic acids is 1. The van der Waals surface area contributed by atoms with Crippen LogP contribution in [0.2, 0.25) is 0 Å². The van der Waals surface area contributed by atoms with Crippen LogP contribution in [0.1, 0.15) is 10.4 Å². The normalized spacial score (nSPS) is 11.1. The summed E-state index contributed by atoms with van der Waals surface area (Å²) in [6.45, 7) is 0. The van der Waals surface area contributed by atoms with Crippen molar-refractivity contribution >= 4 is 21.7 Å².